The van der Waals surface area contributed by atoms with E-state index >= 15 is 0 Å². The van der Waals surface area contributed by atoms with E-state index in [9.17, 15) is 24.6 Å². The Morgan fingerprint density at radius 1 is 0.892 bits per heavy atom. The van der Waals surface area contributed by atoms with E-state index in [0.29, 0.717) is 0 Å². The molecule has 3 aromatic rings. The van der Waals surface area contributed by atoms with Gasteiger partial charge in [0.1, 0.15) is 0 Å². The lowest BCUT2D eigenvalue weighted by Gasteiger charge is -2.24. The fourth-order valence-electron chi connectivity index (χ4n) is 3.78. The number of benzene rings is 1. The molecule has 15 heteroatoms. The van der Waals surface area contributed by atoms with Crippen molar-refractivity contribution in [3.05, 3.63) is 69.1 Å². The van der Waals surface area contributed by atoms with Crippen LogP contribution in [0.15, 0.2) is 21.7 Å². The SMILES string of the molecule is COC(=O)COc1c(Cl)cc(C(c2c(O)n(C)c(=S)n(C)c2=O)c2c(O)n(C)c(=S)n(C)c2=O)cc1Cl. The number of carbonyl (C=O) groups excluding carboxylic acids is 1. The van der Waals surface area contributed by atoms with Gasteiger partial charge in [0.25, 0.3) is 11.1 Å². The van der Waals surface area contributed by atoms with Crippen LogP contribution in [0.4, 0.5) is 0 Å². The summed E-state index contributed by atoms with van der Waals surface area (Å²) in [5.74, 6) is -3.19. The molecule has 37 heavy (non-hydrogen) atoms. The highest BCUT2D eigenvalue weighted by atomic mass is 35.5. The van der Waals surface area contributed by atoms with Gasteiger partial charge in [-0.05, 0) is 42.1 Å². The molecule has 0 amide bonds. The minimum atomic E-state index is -1.38. The van der Waals surface area contributed by atoms with Gasteiger partial charge >= 0.3 is 5.97 Å². The maximum Gasteiger partial charge on any atom is 0.343 e. The molecule has 0 saturated heterocycles. The molecular formula is C22H22Cl2N4O7S2. The van der Waals surface area contributed by atoms with Gasteiger partial charge in [-0.3, -0.25) is 27.9 Å². The fourth-order valence-corrected chi connectivity index (χ4v) is 4.73. The van der Waals surface area contributed by atoms with Gasteiger partial charge in [0, 0.05) is 28.2 Å². The summed E-state index contributed by atoms with van der Waals surface area (Å²) in [7, 11) is 6.86. The summed E-state index contributed by atoms with van der Waals surface area (Å²) >= 11 is 23.3. The van der Waals surface area contributed by atoms with Crippen molar-refractivity contribution in [3.8, 4) is 17.5 Å². The number of esters is 1. The highest BCUT2D eigenvalue weighted by Gasteiger charge is 2.33. The molecule has 0 unspecified atom stereocenters. The average molecular weight is 589 g/mol. The van der Waals surface area contributed by atoms with Gasteiger partial charge in [0.15, 0.2) is 21.9 Å². The van der Waals surface area contributed by atoms with E-state index in [-0.39, 0.29) is 42.0 Å². The fraction of sp³-hybridized carbons (Fsp3) is 0.318. The Kier molecular flexibility index (Phi) is 8.22. The molecule has 0 aliphatic heterocycles. The van der Waals surface area contributed by atoms with E-state index in [1.54, 1.807) is 0 Å². The smallest absolute Gasteiger partial charge is 0.343 e. The Bertz CT molecular complexity index is 1570. The highest BCUT2D eigenvalue weighted by molar-refractivity contribution is 7.71. The van der Waals surface area contributed by atoms with Crippen LogP contribution in [0.5, 0.6) is 17.5 Å². The molecule has 3 rings (SSSR count). The van der Waals surface area contributed by atoms with Crippen molar-refractivity contribution in [1.82, 2.24) is 18.3 Å². The van der Waals surface area contributed by atoms with Crippen molar-refractivity contribution >= 4 is 53.6 Å². The Balaban J connectivity index is 2.46. The first kappa shape index (κ1) is 28.4. The molecule has 0 aliphatic carbocycles. The number of carbonyl (C=O) groups is 1. The summed E-state index contributed by atoms with van der Waals surface area (Å²) < 4.78 is 14.5. The normalized spacial score (nSPS) is 11.1. The molecule has 0 radical (unpaired) electrons. The zero-order chi connectivity index (χ0) is 27.9. The lowest BCUT2D eigenvalue weighted by atomic mass is 9.86. The Hall–Kier alpha value is -3.13. The molecule has 2 aromatic heterocycles. The number of methoxy groups -OCH3 is 1. The quantitative estimate of drug-likeness (QED) is 0.329. The van der Waals surface area contributed by atoms with E-state index in [4.69, 9.17) is 52.4 Å². The molecule has 1 aromatic carbocycles. The lowest BCUT2D eigenvalue weighted by molar-refractivity contribution is -0.142. The summed E-state index contributed by atoms with van der Waals surface area (Å²) in [4.78, 5) is 38.3. The minimum Gasteiger partial charge on any atom is -0.494 e. The molecule has 198 valence electrons. The molecule has 2 heterocycles. The van der Waals surface area contributed by atoms with E-state index in [1.165, 1.54) is 56.6 Å². The summed E-state index contributed by atoms with van der Waals surface area (Å²) in [5, 5.41) is 21.9. The van der Waals surface area contributed by atoms with Crippen LogP contribution < -0.4 is 15.9 Å². The molecule has 2 N–H and O–H groups in total. The molecule has 0 bridgehead atoms. The molecule has 0 aliphatic rings. The number of aromatic nitrogens is 4. The van der Waals surface area contributed by atoms with Gasteiger partial charge in [-0.1, -0.05) is 23.2 Å². The molecule has 11 nitrogen and oxygen atoms in total. The number of rotatable bonds is 6. The minimum absolute atomic E-state index is 0.0104. The van der Waals surface area contributed by atoms with Crippen LogP contribution in [0.3, 0.4) is 0 Å². The predicted molar refractivity (Wildman–Crippen MR) is 141 cm³/mol. The Labute approximate surface area is 230 Å². The van der Waals surface area contributed by atoms with Crippen LogP contribution in [-0.4, -0.2) is 48.2 Å². The second-order valence-electron chi connectivity index (χ2n) is 8.00. The standard InChI is InChI=1S/C22H22Cl2N4O7S2/c1-25-17(30)14(18(31)26(2)21(25)36)13(15-19(32)27(3)22(37)28(4)20(15)33)9-6-10(23)16(11(24)7-9)35-8-12(29)34-5/h6-7,13,30,32H,8H2,1-5H3. The first-order chi connectivity index (χ1) is 17.2. The molecular weight excluding hydrogens is 567 g/mol. The van der Waals surface area contributed by atoms with Gasteiger partial charge in [0.05, 0.1) is 34.2 Å². The number of halogens is 2. The van der Waals surface area contributed by atoms with Crippen molar-refractivity contribution < 1.29 is 24.5 Å². The number of ether oxygens (including phenoxy) is 2. The summed E-state index contributed by atoms with van der Waals surface area (Å²) in [6.45, 7) is -0.479. The molecule has 0 atom stereocenters. The van der Waals surface area contributed by atoms with E-state index in [1.807, 2.05) is 0 Å². The first-order valence-corrected chi connectivity index (χ1v) is 12.0. The van der Waals surface area contributed by atoms with E-state index in [0.717, 1.165) is 9.13 Å². The van der Waals surface area contributed by atoms with Gasteiger partial charge < -0.3 is 19.7 Å². The average Bonchev–Trinajstić information content (AvgIpc) is 2.86. The van der Waals surface area contributed by atoms with Crippen molar-refractivity contribution in [1.29, 1.82) is 0 Å². The van der Waals surface area contributed by atoms with E-state index < -0.39 is 41.4 Å². The number of hydrogen-bond donors (Lipinski definition) is 2. The van der Waals surface area contributed by atoms with Gasteiger partial charge in [-0.25, -0.2) is 4.79 Å². The summed E-state index contributed by atoms with van der Waals surface area (Å²) in [6, 6.07) is 2.68. The monoisotopic (exact) mass is 588 g/mol. The van der Waals surface area contributed by atoms with Gasteiger partial charge in [-0.15, -0.1) is 0 Å². The maximum atomic E-state index is 13.4. The molecule has 0 spiro atoms. The van der Waals surface area contributed by atoms with Crippen LogP contribution in [0.1, 0.15) is 22.6 Å². The van der Waals surface area contributed by atoms with Crippen molar-refractivity contribution in [2.24, 2.45) is 28.2 Å². The van der Waals surface area contributed by atoms with Crippen LogP contribution in [0.2, 0.25) is 10.0 Å². The molecule has 0 fully saturated rings. The third-order valence-electron chi connectivity index (χ3n) is 5.83. The van der Waals surface area contributed by atoms with Crippen molar-refractivity contribution in [2.45, 2.75) is 5.92 Å². The topological polar surface area (TPSA) is 130 Å². The Morgan fingerprint density at radius 2 is 1.30 bits per heavy atom. The second kappa shape index (κ2) is 10.7. The number of nitrogens with zero attached hydrogens (tertiary/aromatic N) is 4. The third-order valence-corrected chi connectivity index (χ3v) is 7.49. The number of hydrogen-bond acceptors (Lipinski definition) is 9. The van der Waals surface area contributed by atoms with Crippen LogP contribution in [0, 0.1) is 9.54 Å². The summed E-state index contributed by atoms with van der Waals surface area (Å²) in [6.07, 6.45) is 0. The zero-order valence-corrected chi connectivity index (χ0v) is 23.4. The largest absolute Gasteiger partial charge is 0.494 e. The Morgan fingerprint density at radius 3 is 1.68 bits per heavy atom. The molecule has 0 saturated carbocycles. The number of aromatic hydroxyl groups is 2. The van der Waals surface area contributed by atoms with E-state index in [2.05, 4.69) is 4.74 Å². The lowest BCUT2D eigenvalue weighted by Crippen LogP contribution is -2.33. The highest BCUT2D eigenvalue weighted by Crippen LogP contribution is 2.42. The van der Waals surface area contributed by atoms with Crippen LogP contribution in [-0.2, 0) is 37.7 Å². The van der Waals surface area contributed by atoms with Gasteiger partial charge in [-0.2, -0.15) is 0 Å². The predicted octanol–water partition coefficient (Wildman–Crippen LogP) is 2.67. The first-order valence-electron chi connectivity index (χ1n) is 10.4. The summed E-state index contributed by atoms with van der Waals surface area (Å²) in [5.41, 5.74) is -1.86. The second-order valence-corrected chi connectivity index (χ2v) is 9.54. The van der Waals surface area contributed by atoms with Crippen molar-refractivity contribution in [3.63, 3.8) is 0 Å². The van der Waals surface area contributed by atoms with Crippen LogP contribution >= 0.6 is 47.6 Å². The van der Waals surface area contributed by atoms with Crippen molar-refractivity contribution in [2.75, 3.05) is 13.7 Å². The maximum absolute atomic E-state index is 13.4. The van der Waals surface area contributed by atoms with Crippen LogP contribution in [0.25, 0.3) is 0 Å². The van der Waals surface area contributed by atoms with Gasteiger partial charge in [0.2, 0.25) is 11.8 Å². The zero-order valence-electron chi connectivity index (χ0n) is 20.2. The third kappa shape index (κ3) is 4.91.